The molecule has 14 heavy (non-hydrogen) atoms. The number of nitrogens with zero attached hydrogens (tertiary/aromatic N) is 1. The molecule has 2 heterocycles. The first-order valence-corrected chi connectivity index (χ1v) is 5.46. The van der Waals surface area contributed by atoms with Crippen molar-refractivity contribution in [3.8, 4) is 0 Å². The van der Waals surface area contributed by atoms with Crippen LogP contribution < -0.4 is 5.32 Å². The molecule has 2 rings (SSSR count). The molecular formula is C10H13N3S. The van der Waals surface area contributed by atoms with Crippen molar-refractivity contribution in [1.29, 1.82) is 0 Å². The van der Waals surface area contributed by atoms with Crippen LogP contribution in [0.2, 0.25) is 0 Å². The van der Waals surface area contributed by atoms with Gasteiger partial charge in [-0.3, -0.25) is 0 Å². The number of aryl methyl sites for hydroxylation is 1. The van der Waals surface area contributed by atoms with E-state index in [9.17, 15) is 0 Å². The predicted octanol–water partition coefficient (Wildman–Crippen LogP) is 2.07. The maximum atomic E-state index is 4.38. The summed E-state index contributed by atoms with van der Waals surface area (Å²) in [7, 11) is 0. The highest BCUT2D eigenvalue weighted by Gasteiger charge is 1.97. The first kappa shape index (κ1) is 9.43. The summed E-state index contributed by atoms with van der Waals surface area (Å²) in [4.78, 5) is 7.52. The average molecular weight is 207 g/mol. The van der Waals surface area contributed by atoms with E-state index in [1.165, 1.54) is 5.69 Å². The number of thiazole rings is 1. The van der Waals surface area contributed by atoms with Crippen molar-refractivity contribution < 1.29 is 0 Å². The number of aromatic amines is 1. The zero-order chi connectivity index (χ0) is 9.80. The quantitative estimate of drug-likeness (QED) is 0.805. The number of H-pyrrole nitrogens is 1. The lowest BCUT2D eigenvalue weighted by Crippen LogP contribution is -2.13. The van der Waals surface area contributed by atoms with Crippen molar-refractivity contribution in [2.24, 2.45) is 0 Å². The van der Waals surface area contributed by atoms with E-state index in [1.54, 1.807) is 11.3 Å². The largest absolute Gasteiger partial charge is 0.364 e. The molecule has 0 aliphatic carbocycles. The molecule has 0 unspecified atom stereocenters. The van der Waals surface area contributed by atoms with E-state index in [0.717, 1.165) is 23.8 Å². The van der Waals surface area contributed by atoms with Crippen LogP contribution in [0.5, 0.6) is 0 Å². The van der Waals surface area contributed by atoms with Crippen molar-refractivity contribution in [3.05, 3.63) is 40.1 Å². The second-order valence-corrected chi connectivity index (χ2v) is 4.22. The van der Waals surface area contributed by atoms with E-state index in [0.29, 0.717) is 0 Å². The van der Waals surface area contributed by atoms with Crippen molar-refractivity contribution in [2.75, 3.05) is 0 Å². The van der Waals surface area contributed by atoms with Gasteiger partial charge in [0.25, 0.3) is 0 Å². The zero-order valence-corrected chi connectivity index (χ0v) is 8.90. The minimum atomic E-state index is 0.837. The van der Waals surface area contributed by atoms with Crippen molar-refractivity contribution in [2.45, 2.75) is 20.0 Å². The standard InChI is InChI=1S/C10H13N3S/c1-8-13-10(7-14-8)6-11-5-9-3-2-4-12-9/h2-4,7,11-12H,5-6H2,1H3. The Kier molecular flexibility index (Phi) is 2.96. The second kappa shape index (κ2) is 4.39. The summed E-state index contributed by atoms with van der Waals surface area (Å²) >= 11 is 1.69. The first-order chi connectivity index (χ1) is 6.84. The third-order valence-electron chi connectivity index (χ3n) is 1.95. The molecule has 0 aliphatic heterocycles. The molecule has 0 spiro atoms. The van der Waals surface area contributed by atoms with Gasteiger partial charge in [0.15, 0.2) is 0 Å². The van der Waals surface area contributed by atoms with Gasteiger partial charge in [-0.1, -0.05) is 0 Å². The van der Waals surface area contributed by atoms with Crippen LogP contribution in [-0.4, -0.2) is 9.97 Å². The Balaban J connectivity index is 1.78. The van der Waals surface area contributed by atoms with E-state index >= 15 is 0 Å². The highest BCUT2D eigenvalue weighted by molar-refractivity contribution is 7.09. The summed E-state index contributed by atoms with van der Waals surface area (Å²) in [5.41, 5.74) is 2.33. The molecule has 0 bridgehead atoms. The summed E-state index contributed by atoms with van der Waals surface area (Å²) in [6.45, 7) is 3.73. The average Bonchev–Trinajstić information content (AvgIpc) is 2.77. The van der Waals surface area contributed by atoms with Crippen molar-refractivity contribution in [1.82, 2.24) is 15.3 Å². The van der Waals surface area contributed by atoms with Crippen molar-refractivity contribution >= 4 is 11.3 Å². The molecule has 74 valence electrons. The summed E-state index contributed by atoms with van der Waals surface area (Å²) in [5, 5.41) is 6.55. The van der Waals surface area contributed by atoms with Crippen LogP contribution >= 0.6 is 11.3 Å². The second-order valence-electron chi connectivity index (χ2n) is 3.16. The van der Waals surface area contributed by atoms with Gasteiger partial charge in [-0.15, -0.1) is 11.3 Å². The molecule has 2 N–H and O–H groups in total. The predicted molar refractivity (Wildman–Crippen MR) is 58.2 cm³/mol. The topological polar surface area (TPSA) is 40.7 Å². The SMILES string of the molecule is Cc1nc(CNCc2ccc[nH]2)cs1. The maximum absolute atomic E-state index is 4.38. The molecule has 0 aliphatic rings. The number of nitrogens with one attached hydrogen (secondary N) is 2. The Hall–Kier alpha value is -1.13. The van der Waals surface area contributed by atoms with Gasteiger partial charge in [-0.25, -0.2) is 4.98 Å². The molecule has 4 heteroatoms. The Morgan fingerprint density at radius 2 is 2.43 bits per heavy atom. The van der Waals surface area contributed by atoms with Gasteiger partial charge in [0, 0.05) is 30.4 Å². The summed E-state index contributed by atoms with van der Waals surface area (Å²) < 4.78 is 0. The number of hydrogen-bond acceptors (Lipinski definition) is 3. The van der Waals surface area contributed by atoms with Crippen LogP contribution in [0.3, 0.4) is 0 Å². The van der Waals surface area contributed by atoms with Gasteiger partial charge in [-0.05, 0) is 19.1 Å². The van der Waals surface area contributed by atoms with Crippen LogP contribution in [0, 0.1) is 6.92 Å². The van der Waals surface area contributed by atoms with Gasteiger partial charge < -0.3 is 10.3 Å². The normalized spacial score (nSPS) is 10.6. The van der Waals surface area contributed by atoms with Crippen LogP contribution in [0.4, 0.5) is 0 Å². The van der Waals surface area contributed by atoms with Gasteiger partial charge in [0.1, 0.15) is 0 Å². The van der Waals surface area contributed by atoms with Gasteiger partial charge in [0.2, 0.25) is 0 Å². The highest BCUT2D eigenvalue weighted by Crippen LogP contribution is 2.07. The smallest absolute Gasteiger partial charge is 0.0897 e. The molecular weight excluding hydrogens is 194 g/mol. The van der Waals surface area contributed by atoms with E-state index in [4.69, 9.17) is 0 Å². The van der Waals surface area contributed by atoms with E-state index in [2.05, 4.69) is 26.7 Å². The zero-order valence-electron chi connectivity index (χ0n) is 8.08. The third-order valence-corrected chi connectivity index (χ3v) is 2.77. The Morgan fingerprint density at radius 1 is 1.50 bits per heavy atom. The molecule has 0 amide bonds. The fourth-order valence-electron chi connectivity index (χ4n) is 1.29. The molecule has 0 aromatic carbocycles. The highest BCUT2D eigenvalue weighted by atomic mass is 32.1. The molecule has 0 saturated carbocycles. The third kappa shape index (κ3) is 2.43. The van der Waals surface area contributed by atoms with Crippen LogP contribution in [0.15, 0.2) is 23.7 Å². The molecule has 0 saturated heterocycles. The van der Waals surface area contributed by atoms with Gasteiger partial charge in [-0.2, -0.15) is 0 Å². The molecule has 3 nitrogen and oxygen atoms in total. The number of rotatable bonds is 4. The maximum Gasteiger partial charge on any atom is 0.0897 e. The van der Waals surface area contributed by atoms with E-state index in [1.807, 2.05) is 19.2 Å². The van der Waals surface area contributed by atoms with Gasteiger partial charge in [0.05, 0.1) is 10.7 Å². The minimum Gasteiger partial charge on any atom is -0.364 e. The Bertz CT molecular complexity index is 378. The summed E-state index contributed by atoms with van der Waals surface area (Å²) in [5.74, 6) is 0. The monoisotopic (exact) mass is 207 g/mol. The van der Waals surface area contributed by atoms with E-state index < -0.39 is 0 Å². The summed E-state index contributed by atoms with van der Waals surface area (Å²) in [6, 6.07) is 4.07. The molecule has 2 aromatic rings. The molecule has 2 aromatic heterocycles. The van der Waals surface area contributed by atoms with Crippen molar-refractivity contribution in [3.63, 3.8) is 0 Å². The molecule has 0 radical (unpaired) electrons. The van der Waals surface area contributed by atoms with E-state index in [-0.39, 0.29) is 0 Å². The van der Waals surface area contributed by atoms with Crippen LogP contribution in [-0.2, 0) is 13.1 Å². The van der Waals surface area contributed by atoms with Gasteiger partial charge >= 0.3 is 0 Å². The lowest BCUT2D eigenvalue weighted by molar-refractivity contribution is 0.672. The lowest BCUT2D eigenvalue weighted by Gasteiger charge is -1.99. The fourth-order valence-corrected chi connectivity index (χ4v) is 1.90. The number of aromatic nitrogens is 2. The number of hydrogen-bond donors (Lipinski definition) is 2. The Labute approximate surface area is 87.2 Å². The van der Waals surface area contributed by atoms with Crippen LogP contribution in [0.1, 0.15) is 16.4 Å². The van der Waals surface area contributed by atoms with Crippen LogP contribution in [0.25, 0.3) is 0 Å². The summed E-state index contributed by atoms with van der Waals surface area (Å²) in [6.07, 6.45) is 1.93. The Morgan fingerprint density at radius 3 is 3.07 bits per heavy atom. The first-order valence-electron chi connectivity index (χ1n) is 4.58. The minimum absolute atomic E-state index is 0.837. The fraction of sp³-hybridized carbons (Fsp3) is 0.300. The molecule has 0 fully saturated rings. The lowest BCUT2D eigenvalue weighted by atomic mass is 10.4. The molecule has 0 atom stereocenters.